The highest BCUT2D eigenvalue weighted by Gasteiger charge is 2.26. The number of hydrogen-bond donors (Lipinski definition) is 0. The van der Waals surface area contributed by atoms with E-state index in [1.54, 1.807) is 0 Å². The minimum atomic E-state index is -0.286. The van der Waals surface area contributed by atoms with Gasteiger partial charge in [0.2, 0.25) is 6.23 Å². The molecule has 4 nitrogen and oxygen atoms in total. The fourth-order valence-electron chi connectivity index (χ4n) is 5.98. The van der Waals surface area contributed by atoms with Crippen LogP contribution < -0.4 is 0 Å². The highest BCUT2D eigenvalue weighted by molar-refractivity contribution is 5.84. The number of hydrogen-bond acceptors (Lipinski definition) is 4. The lowest BCUT2D eigenvalue weighted by molar-refractivity contribution is -0.148. The predicted octanol–water partition coefficient (Wildman–Crippen LogP) is 11.6. The smallest absolute Gasteiger partial charge is 0.307 e. The van der Waals surface area contributed by atoms with E-state index in [9.17, 15) is 4.79 Å². The number of aliphatic imine (C=N–C) groups is 1. The lowest BCUT2D eigenvalue weighted by atomic mass is 10.0. The molecular formula is C36H70N2O2. The van der Waals surface area contributed by atoms with E-state index < -0.39 is 0 Å². The van der Waals surface area contributed by atoms with E-state index in [-0.39, 0.29) is 12.2 Å². The van der Waals surface area contributed by atoms with Gasteiger partial charge in [-0.3, -0.25) is 4.79 Å². The van der Waals surface area contributed by atoms with E-state index in [1.165, 1.54) is 154 Å². The van der Waals surface area contributed by atoms with Gasteiger partial charge in [-0.1, -0.05) is 168 Å². The van der Waals surface area contributed by atoms with Crippen molar-refractivity contribution in [1.29, 1.82) is 0 Å². The number of nitrogens with zero attached hydrogens (tertiary/aromatic N) is 2. The molecule has 1 rings (SSSR count). The van der Waals surface area contributed by atoms with Crippen molar-refractivity contribution in [3.63, 3.8) is 0 Å². The molecule has 0 saturated heterocycles. The number of amidine groups is 1. The molecule has 1 atom stereocenters. The highest BCUT2D eigenvalue weighted by Crippen LogP contribution is 2.18. The topological polar surface area (TPSA) is 41.9 Å². The molecule has 0 aromatic rings. The molecule has 40 heavy (non-hydrogen) atoms. The number of esters is 1. The molecule has 0 aromatic heterocycles. The monoisotopic (exact) mass is 563 g/mol. The molecule has 0 amide bonds. The summed E-state index contributed by atoms with van der Waals surface area (Å²) in [6.07, 6.45) is 36.4. The molecule has 1 heterocycles. The summed E-state index contributed by atoms with van der Waals surface area (Å²) in [4.78, 5) is 19.5. The lowest BCUT2D eigenvalue weighted by Gasteiger charge is -2.18. The van der Waals surface area contributed by atoms with Crippen LogP contribution in [0.25, 0.3) is 0 Å². The normalized spacial score (nSPS) is 15.1. The Bertz CT molecular complexity index is 591. The molecule has 0 bridgehead atoms. The van der Waals surface area contributed by atoms with Gasteiger partial charge in [-0.25, -0.2) is 4.99 Å². The van der Waals surface area contributed by atoms with Gasteiger partial charge in [0.1, 0.15) is 5.84 Å². The molecule has 0 saturated carbocycles. The minimum Gasteiger partial charge on any atom is -0.438 e. The number of unbranched alkanes of at least 4 members (excludes halogenated alkanes) is 24. The van der Waals surface area contributed by atoms with Crippen LogP contribution in [0.2, 0.25) is 0 Å². The number of carbonyl (C=O) groups excluding carboxylic acids is 1. The summed E-state index contributed by atoms with van der Waals surface area (Å²) in [7, 11) is 0. The minimum absolute atomic E-state index is 0.0601. The molecule has 0 aliphatic carbocycles. The zero-order valence-corrected chi connectivity index (χ0v) is 27.5. The van der Waals surface area contributed by atoms with Crippen LogP contribution in [0.3, 0.4) is 0 Å². The van der Waals surface area contributed by atoms with Gasteiger partial charge in [-0.15, -0.1) is 0 Å². The van der Waals surface area contributed by atoms with E-state index >= 15 is 0 Å². The number of likely N-dealkylation sites (N-methyl/N-ethyl adjacent to an activating group) is 1. The third-order valence-corrected chi connectivity index (χ3v) is 8.67. The van der Waals surface area contributed by atoms with Crippen molar-refractivity contribution in [3.8, 4) is 0 Å². The molecule has 0 radical (unpaired) electrons. The van der Waals surface area contributed by atoms with E-state index in [4.69, 9.17) is 9.73 Å². The van der Waals surface area contributed by atoms with Crippen molar-refractivity contribution in [2.45, 2.75) is 207 Å². The van der Waals surface area contributed by atoms with Crippen molar-refractivity contribution in [2.75, 3.05) is 13.1 Å². The molecule has 0 spiro atoms. The van der Waals surface area contributed by atoms with Crippen LogP contribution >= 0.6 is 0 Å². The van der Waals surface area contributed by atoms with Gasteiger partial charge < -0.3 is 9.64 Å². The lowest BCUT2D eigenvalue weighted by Crippen LogP contribution is -2.30. The molecule has 1 aliphatic heterocycles. The van der Waals surface area contributed by atoms with Gasteiger partial charge in [0.25, 0.3) is 0 Å². The first-order chi connectivity index (χ1) is 19.7. The van der Waals surface area contributed by atoms with Crippen LogP contribution in [0.4, 0.5) is 0 Å². The van der Waals surface area contributed by atoms with Crippen LogP contribution in [-0.4, -0.2) is 36.0 Å². The van der Waals surface area contributed by atoms with Crippen LogP contribution in [0, 0.1) is 0 Å². The Hall–Kier alpha value is -1.06. The van der Waals surface area contributed by atoms with Crippen LogP contribution in [0.15, 0.2) is 4.99 Å². The molecule has 4 heteroatoms. The van der Waals surface area contributed by atoms with E-state index in [1.807, 2.05) is 0 Å². The average molecular weight is 563 g/mol. The summed E-state index contributed by atoms with van der Waals surface area (Å²) in [6.45, 7) is 8.44. The highest BCUT2D eigenvalue weighted by atomic mass is 16.6. The van der Waals surface area contributed by atoms with Crippen molar-refractivity contribution in [3.05, 3.63) is 0 Å². The summed E-state index contributed by atoms with van der Waals surface area (Å²) in [5.41, 5.74) is 0. The maximum Gasteiger partial charge on any atom is 0.307 e. The van der Waals surface area contributed by atoms with Crippen molar-refractivity contribution >= 4 is 11.8 Å². The summed E-state index contributed by atoms with van der Waals surface area (Å²) in [5, 5.41) is 0. The van der Waals surface area contributed by atoms with Crippen molar-refractivity contribution in [1.82, 2.24) is 4.90 Å². The Morgan fingerprint density at radius 1 is 0.600 bits per heavy atom. The number of carbonyl (C=O) groups is 1. The fourth-order valence-corrected chi connectivity index (χ4v) is 5.98. The van der Waals surface area contributed by atoms with Gasteiger partial charge >= 0.3 is 5.97 Å². The molecule has 1 unspecified atom stereocenters. The second kappa shape index (κ2) is 28.1. The first-order valence-electron chi connectivity index (χ1n) is 18.2. The molecule has 0 aromatic carbocycles. The third-order valence-electron chi connectivity index (χ3n) is 8.67. The van der Waals surface area contributed by atoms with E-state index in [0.29, 0.717) is 6.42 Å². The third kappa shape index (κ3) is 21.7. The summed E-state index contributed by atoms with van der Waals surface area (Å²) >= 11 is 0. The van der Waals surface area contributed by atoms with Gasteiger partial charge in [-0.2, -0.15) is 0 Å². The SMILES string of the molecule is CCCCCCCCCCCCCCCC(=O)OC1CN(CC)C(CCCCCCCCCCCCCCC)=N1. The zero-order chi connectivity index (χ0) is 28.9. The Balaban J connectivity index is 1.98. The Labute approximate surface area is 250 Å². The Kier molecular flexibility index (Phi) is 25.9. The fraction of sp³-hybridized carbons (Fsp3) is 0.944. The molecule has 0 N–H and O–H groups in total. The van der Waals surface area contributed by atoms with Crippen LogP contribution in [0.5, 0.6) is 0 Å². The second-order valence-electron chi connectivity index (χ2n) is 12.5. The molecular weight excluding hydrogens is 492 g/mol. The van der Waals surface area contributed by atoms with Crippen LogP contribution in [0.1, 0.15) is 201 Å². The van der Waals surface area contributed by atoms with Crippen molar-refractivity contribution in [2.24, 2.45) is 4.99 Å². The van der Waals surface area contributed by atoms with Gasteiger partial charge in [-0.05, 0) is 19.8 Å². The summed E-state index contributed by atoms with van der Waals surface area (Å²) in [5.74, 6) is 1.10. The quantitative estimate of drug-likeness (QED) is 0.0645. The first-order valence-corrected chi connectivity index (χ1v) is 18.2. The van der Waals surface area contributed by atoms with Crippen molar-refractivity contribution < 1.29 is 9.53 Å². The largest absolute Gasteiger partial charge is 0.438 e. The first kappa shape index (κ1) is 37.0. The average Bonchev–Trinajstić information content (AvgIpc) is 3.35. The van der Waals surface area contributed by atoms with Gasteiger partial charge in [0.05, 0.1) is 6.54 Å². The zero-order valence-electron chi connectivity index (χ0n) is 27.5. The summed E-state index contributed by atoms with van der Waals surface area (Å²) < 4.78 is 5.73. The Morgan fingerprint density at radius 2 is 0.975 bits per heavy atom. The van der Waals surface area contributed by atoms with E-state index in [2.05, 4.69) is 25.7 Å². The maximum absolute atomic E-state index is 12.4. The van der Waals surface area contributed by atoms with Gasteiger partial charge in [0, 0.05) is 19.4 Å². The number of rotatable bonds is 30. The van der Waals surface area contributed by atoms with E-state index in [0.717, 1.165) is 38.2 Å². The Morgan fingerprint density at radius 3 is 1.38 bits per heavy atom. The standard InChI is InChI=1S/C36H70N2O2/c1-4-7-9-11-13-15-17-19-21-23-25-27-29-31-34-37-35(33-38(34)6-3)40-36(39)32-30-28-26-24-22-20-18-16-14-12-10-8-5-2/h35H,4-33H2,1-3H3. The summed E-state index contributed by atoms with van der Waals surface area (Å²) in [6, 6.07) is 0. The maximum atomic E-state index is 12.4. The molecule has 1 aliphatic rings. The number of ether oxygens (including phenoxy) is 1. The second-order valence-corrected chi connectivity index (χ2v) is 12.5. The predicted molar refractivity (Wildman–Crippen MR) is 175 cm³/mol. The molecule has 236 valence electrons. The molecule has 0 fully saturated rings. The van der Waals surface area contributed by atoms with Gasteiger partial charge in [0.15, 0.2) is 0 Å². The van der Waals surface area contributed by atoms with Crippen LogP contribution in [-0.2, 0) is 9.53 Å².